The Morgan fingerprint density at radius 1 is 1.53 bits per heavy atom. The SMILES string of the molecule is Cc1nc(CCNC2CCC(C)C2)cs1. The van der Waals surface area contributed by atoms with Crippen LogP contribution in [0.4, 0.5) is 0 Å². The average Bonchev–Trinajstić information content (AvgIpc) is 2.76. The van der Waals surface area contributed by atoms with E-state index in [4.69, 9.17) is 0 Å². The second kappa shape index (κ2) is 5.08. The molecule has 0 spiro atoms. The summed E-state index contributed by atoms with van der Waals surface area (Å²) in [6.07, 6.45) is 5.19. The molecule has 1 saturated carbocycles. The number of aromatic nitrogens is 1. The summed E-state index contributed by atoms with van der Waals surface area (Å²) < 4.78 is 0. The molecule has 84 valence electrons. The Labute approximate surface area is 96.1 Å². The van der Waals surface area contributed by atoms with Crippen LogP contribution >= 0.6 is 11.3 Å². The van der Waals surface area contributed by atoms with Gasteiger partial charge >= 0.3 is 0 Å². The van der Waals surface area contributed by atoms with Gasteiger partial charge in [-0.3, -0.25) is 0 Å². The Kier molecular flexibility index (Phi) is 3.76. The fourth-order valence-electron chi connectivity index (χ4n) is 2.32. The maximum atomic E-state index is 4.47. The van der Waals surface area contributed by atoms with Gasteiger partial charge in [0.05, 0.1) is 10.7 Å². The fourth-order valence-corrected chi connectivity index (χ4v) is 2.97. The van der Waals surface area contributed by atoms with Gasteiger partial charge in [-0.1, -0.05) is 6.92 Å². The Hall–Kier alpha value is -0.410. The second-order valence-corrected chi connectivity index (χ2v) is 5.74. The van der Waals surface area contributed by atoms with E-state index in [1.165, 1.54) is 30.0 Å². The lowest BCUT2D eigenvalue weighted by molar-refractivity contribution is 0.504. The van der Waals surface area contributed by atoms with Gasteiger partial charge in [-0.25, -0.2) is 4.98 Å². The van der Waals surface area contributed by atoms with Crippen molar-refractivity contribution in [1.82, 2.24) is 10.3 Å². The van der Waals surface area contributed by atoms with Crippen LogP contribution < -0.4 is 5.32 Å². The number of aryl methyl sites for hydroxylation is 1. The number of hydrogen-bond donors (Lipinski definition) is 1. The molecular weight excluding hydrogens is 204 g/mol. The number of nitrogens with one attached hydrogen (secondary N) is 1. The van der Waals surface area contributed by atoms with Gasteiger partial charge in [0.1, 0.15) is 0 Å². The van der Waals surface area contributed by atoms with E-state index in [0.717, 1.165) is 24.9 Å². The Bertz CT molecular complexity index is 308. The molecule has 15 heavy (non-hydrogen) atoms. The molecule has 0 aromatic carbocycles. The smallest absolute Gasteiger partial charge is 0.0897 e. The topological polar surface area (TPSA) is 24.9 Å². The molecule has 0 bridgehead atoms. The lowest BCUT2D eigenvalue weighted by Gasteiger charge is -2.11. The van der Waals surface area contributed by atoms with Crippen LogP contribution in [0.25, 0.3) is 0 Å². The van der Waals surface area contributed by atoms with E-state index in [1.807, 2.05) is 0 Å². The zero-order valence-corrected chi connectivity index (χ0v) is 10.4. The number of rotatable bonds is 4. The third-order valence-electron chi connectivity index (χ3n) is 3.18. The molecule has 1 aliphatic rings. The summed E-state index contributed by atoms with van der Waals surface area (Å²) in [6.45, 7) is 5.51. The minimum atomic E-state index is 0.764. The molecule has 2 nitrogen and oxygen atoms in total. The first-order valence-corrected chi connectivity index (χ1v) is 6.76. The van der Waals surface area contributed by atoms with E-state index in [-0.39, 0.29) is 0 Å². The summed E-state index contributed by atoms with van der Waals surface area (Å²) in [5.74, 6) is 0.920. The van der Waals surface area contributed by atoms with E-state index < -0.39 is 0 Å². The molecule has 0 amide bonds. The highest BCUT2D eigenvalue weighted by atomic mass is 32.1. The second-order valence-electron chi connectivity index (χ2n) is 4.68. The first kappa shape index (κ1) is 11.1. The van der Waals surface area contributed by atoms with Gasteiger partial charge in [0.25, 0.3) is 0 Å². The van der Waals surface area contributed by atoms with Crippen LogP contribution in [0.1, 0.15) is 36.9 Å². The summed E-state index contributed by atoms with van der Waals surface area (Å²) in [5.41, 5.74) is 1.25. The maximum Gasteiger partial charge on any atom is 0.0897 e. The predicted molar refractivity (Wildman–Crippen MR) is 65.4 cm³/mol. The van der Waals surface area contributed by atoms with Crippen molar-refractivity contribution in [2.24, 2.45) is 5.92 Å². The maximum absolute atomic E-state index is 4.47. The Balaban J connectivity index is 1.67. The summed E-state index contributed by atoms with van der Waals surface area (Å²) in [4.78, 5) is 4.47. The van der Waals surface area contributed by atoms with Crippen LogP contribution in [-0.2, 0) is 6.42 Å². The van der Waals surface area contributed by atoms with Crippen molar-refractivity contribution in [3.05, 3.63) is 16.1 Å². The minimum absolute atomic E-state index is 0.764. The monoisotopic (exact) mass is 224 g/mol. The van der Waals surface area contributed by atoms with Crippen molar-refractivity contribution in [3.63, 3.8) is 0 Å². The van der Waals surface area contributed by atoms with E-state index >= 15 is 0 Å². The minimum Gasteiger partial charge on any atom is -0.314 e. The molecule has 2 atom stereocenters. The highest BCUT2D eigenvalue weighted by Gasteiger charge is 2.20. The molecule has 0 aliphatic heterocycles. The molecule has 1 fully saturated rings. The van der Waals surface area contributed by atoms with E-state index in [1.54, 1.807) is 11.3 Å². The van der Waals surface area contributed by atoms with Crippen molar-refractivity contribution >= 4 is 11.3 Å². The van der Waals surface area contributed by atoms with Gasteiger partial charge in [-0.05, 0) is 32.1 Å². The molecular formula is C12H20N2S. The molecule has 3 heteroatoms. The summed E-state index contributed by atoms with van der Waals surface area (Å²) in [5, 5.41) is 6.99. The first-order valence-electron chi connectivity index (χ1n) is 5.88. The van der Waals surface area contributed by atoms with Crippen LogP contribution in [0.5, 0.6) is 0 Å². The normalized spacial score (nSPS) is 26.0. The summed E-state index contributed by atoms with van der Waals surface area (Å²) in [6, 6.07) is 0.764. The largest absolute Gasteiger partial charge is 0.314 e. The molecule has 1 aromatic rings. The zero-order chi connectivity index (χ0) is 10.7. The standard InChI is InChI=1S/C12H20N2S/c1-9-3-4-11(7-9)13-6-5-12-8-15-10(2)14-12/h8-9,11,13H,3-7H2,1-2H3. The van der Waals surface area contributed by atoms with Gasteiger partial charge in [0.2, 0.25) is 0 Å². The lowest BCUT2D eigenvalue weighted by Crippen LogP contribution is -2.28. The molecule has 2 unspecified atom stereocenters. The summed E-state index contributed by atoms with van der Waals surface area (Å²) in [7, 11) is 0. The van der Waals surface area contributed by atoms with Crippen LogP contribution in [0, 0.1) is 12.8 Å². The van der Waals surface area contributed by atoms with Crippen LogP contribution in [0.15, 0.2) is 5.38 Å². The number of hydrogen-bond acceptors (Lipinski definition) is 3. The van der Waals surface area contributed by atoms with Crippen LogP contribution in [-0.4, -0.2) is 17.6 Å². The van der Waals surface area contributed by atoms with Crippen LogP contribution in [0.3, 0.4) is 0 Å². The van der Waals surface area contributed by atoms with Crippen molar-refractivity contribution < 1.29 is 0 Å². The number of thiazole rings is 1. The third kappa shape index (κ3) is 3.28. The Morgan fingerprint density at radius 2 is 2.40 bits per heavy atom. The molecule has 2 rings (SSSR count). The van der Waals surface area contributed by atoms with Gasteiger partial charge in [-0.2, -0.15) is 0 Å². The van der Waals surface area contributed by atoms with Crippen LogP contribution in [0.2, 0.25) is 0 Å². The highest BCUT2D eigenvalue weighted by Crippen LogP contribution is 2.24. The van der Waals surface area contributed by atoms with E-state index in [9.17, 15) is 0 Å². The van der Waals surface area contributed by atoms with E-state index in [0.29, 0.717) is 0 Å². The van der Waals surface area contributed by atoms with Gasteiger partial charge < -0.3 is 5.32 Å². The van der Waals surface area contributed by atoms with Crippen molar-refractivity contribution in [2.45, 2.75) is 45.6 Å². The lowest BCUT2D eigenvalue weighted by atomic mass is 10.1. The summed E-state index contributed by atoms with van der Waals surface area (Å²) >= 11 is 1.75. The molecule has 0 saturated heterocycles. The predicted octanol–water partition coefficient (Wildman–Crippen LogP) is 2.77. The molecule has 1 N–H and O–H groups in total. The molecule has 1 heterocycles. The van der Waals surface area contributed by atoms with E-state index in [2.05, 4.69) is 29.5 Å². The first-order chi connectivity index (χ1) is 7.24. The molecule has 0 radical (unpaired) electrons. The quantitative estimate of drug-likeness (QED) is 0.850. The average molecular weight is 224 g/mol. The van der Waals surface area contributed by atoms with Crippen molar-refractivity contribution in [3.8, 4) is 0 Å². The molecule has 1 aromatic heterocycles. The molecule has 1 aliphatic carbocycles. The number of nitrogens with zero attached hydrogens (tertiary/aromatic N) is 1. The third-order valence-corrected chi connectivity index (χ3v) is 4.00. The zero-order valence-electron chi connectivity index (χ0n) is 9.62. The fraction of sp³-hybridized carbons (Fsp3) is 0.750. The van der Waals surface area contributed by atoms with Gasteiger partial charge in [0.15, 0.2) is 0 Å². The Morgan fingerprint density at radius 3 is 3.00 bits per heavy atom. The highest BCUT2D eigenvalue weighted by molar-refractivity contribution is 7.09. The van der Waals surface area contributed by atoms with Gasteiger partial charge in [-0.15, -0.1) is 11.3 Å². The van der Waals surface area contributed by atoms with Crippen molar-refractivity contribution in [1.29, 1.82) is 0 Å². The van der Waals surface area contributed by atoms with Crippen molar-refractivity contribution in [2.75, 3.05) is 6.54 Å². The van der Waals surface area contributed by atoms with Gasteiger partial charge in [0, 0.05) is 24.4 Å².